The number of rotatable bonds is 3. The molecule has 0 amide bonds. The minimum absolute atomic E-state index is 0.295. The van der Waals surface area contributed by atoms with Gasteiger partial charge in [-0.25, -0.2) is 14.6 Å². The number of carbonyl (C=O) groups is 1. The summed E-state index contributed by atoms with van der Waals surface area (Å²) in [5.41, 5.74) is 0.950. The van der Waals surface area contributed by atoms with Crippen molar-refractivity contribution in [2.75, 3.05) is 6.61 Å². The molecule has 0 aliphatic rings. The Morgan fingerprint density at radius 2 is 2.14 bits per heavy atom. The molecule has 6 heteroatoms. The fourth-order valence-electron chi connectivity index (χ4n) is 2.11. The van der Waals surface area contributed by atoms with E-state index in [1.807, 2.05) is 12.1 Å². The summed E-state index contributed by atoms with van der Waals surface area (Å²) in [5.74, 6) is -0.422. The number of carbonyl (C=O) groups excluding carboxylic acids is 1. The molecule has 0 aliphatic heterocycles. The maximum Gasteiger partial charge on any atom is 0.350 e. The van der Waals surface area contributed by atoms with Crippen molar-refractivity contribution >= 4 is 28.3 Å². The van der Waals surface area contributed by atoms with E-state index in [1.54, 1.807) is 32.0 Å². The zero-order valence-electron chi connectivity index (χ0n) is 12.1. The Morgan fingerprint density at radius 1 is 1.36 bits per heavy atom. The minimum Gasteiger partial charge on any atom is -0.462 e. The van der Waals surface area contributed by atoms with Crippen LogP contribution in [0, 0.1) is 6.92 Å². The second kappa shape index (κ2) is 5.73. The molecule has 22 heavy (non-hydrogen) atoms. The van der Waals surface area contributed by atoms with E-state index in [2.05, 4.69) is 4.98 Å². The quantitative estimate of drug-likeness (QED) is 0.547. The molecule has 0 saturated carbocycles. The smallest absolute Gasteiger partial charge is 0.350 e. The molecule has 1 aromatic carbocycles. The predicted molar refractivity (Wildman–Crippen MR) is 84.3 cm³/mol. The second-order valence-corrected chi connectivity index (χ2v) is 5.64. The van der Waals surface area contributed by atoms with Crippen LogP contribution in [0.5, 0.6) is 0 Å². The van der Waals surface area contributed by atoms with E-state index in [9.17, 15) is 9.59 Å². The standard InChI is InChI=1S/C16H13NO4S/c1-3-20-16(19)13-9(2)17-14(22-13)11-8-10-6-4-5-7-12(10)21-15(11)18/h4-8H,3H2,1-2H3. The van der Waals surface area contributed by atoms with E-state index >= 15 is 0 Å². The van der Waals surface area contributed by atoms with Gasteiger partial charge in [0, 0.05) is 5.39 Å². The van der Waals surface area contributed by atoms with Gasteiger partial charge in [-0.05, 0) is 26.0 Å². The van der Waals surface area contributed by atoms with Crippen LogP contribution >= 0.6 is 11.3 Å². The second-order valence-electron chi connectivity index (χ2n) is 4.64. The first kappa shape index (κ1) is 14.5. The number of thiazole rings is 1. The van der Waals surface area contributed by atoms with Crippen molar-refractivity contribution < 1.29 is 13.9 Å². The van der Waals surface area contributed by atoms with Gasteiger partial charge in [0.25, 0.3) is 0 Å². The van der Waals surface area contributed by atoms with E-state index < -0.39 is 11.6 Å². The normalized spacial score (nSPS) is 10.8. The summed E-state index contributed by atoms with van der Waals surface area (Å²) in [6.07, 6.45) is 0. The maximum atomic E-state index is 12.1. The van der Waals surface area contributed by atoms with Crippen molar-refractivity contribution in [3.8, 4) is 10.6 Å². The van der Waals surface area contributed by atoms with Gasteiger partial charge in [-0.3, -0.25) is 0 Å². The van der Waals surface area contributed by atoms with Gasteiger partial charge >= 0.3 is 11.6 Å². The van der Waals surface area contributed by atoms with E-state index in [0.717, 1.165) is 16.7 Å². The van der Waals surface area contributed by atoms with Crippen LogP contribution in [0.3, 0.4) is 0 Å². The van der Waals surface area contributed by atoms with Crippen molar-refractivity contribution in [3.63, 3.8) is 0 Å². The summed E-state index contributed by atoms with van der Waals surface area (Å²) in [6, 6.07) is 8.99. The maximum absolute atomic E-state index is 12.1. The van der Waals surface area contributed by atoms with E-state index in [1.165, 1.54) is 0 Å². The molecule has 0 bridgehead atoms. The summed E-state index contributed by atoms with van der Waals surface area (Å²) in [7, 11) is 0. The molecule has 0 aliphatic carbocycles. The van der Waals surface area contributed by atoms with Gasteiger partial charge in [0.1, 0.15) is 15.5 Å². The van der Waals surface area contributed by atoms with Gasteiger partial charge in [-0.1, -0.05) is 18.2 Å². The van der Waals surface area contributed by atoms with Crippen LogP contribution in [0.25, 0.3) is 21.5 Å². The minimum atomic E-state index is -0.470. The lowest BCUT2D eigenvalue weighted by Crippen LogP contribution is -2.03. The highest BCUT2D eigenvalue weighted by molar-refractivity contribution is 7.17. The number of fused-ring (bicyclic) bond motifs is 1. The van der Waals surface area contributed by atoms with Crippen molar-refractivity contribution in [1.29, 1.82) is 0 Å². The third-order valence-corrected chi connectivity index (χ3v) is 4.30. The average molecular weight is 315 g/mol. The van der Waals surface area contributed by atoms with Crippen LogP contribution in [-0.4, -0.2) is 17.6 Å². The molecule has 2 heterocycles. The van der Waals surface area contributed by atoms with Crippen LogP contribution in [0.1, 0.15) is 22.3 Å². The molecule has 0 atom stereocenters. The predicted octanol–water partition coefficient (Wildman–Crippen LogP) is 3.40. The fraction of sp³-hybridized carbons (Fsp3) is 0.188. The fourth-order valence-corrected chi connectivity index (χ4v) is 3.07. The summed E-state index contributed by atoms with van der Waals surface area (Å²) in [5, 5.41) is 1.27. The van der Waals surface area contributed by atoms with Crippen LogP contribution in [0.4, 0.5) is 0 Å². The number of hydrogen-bond acceptors (Lipinski definition) is 6. The molecule has 3 rings (SSSR count). The third-order valence-electron chi connectivity index (χ3n) is 3.13. The van der Waals surface area contributed by atoms with Crippen molar-refractivity contribution in [2.45, 2.75) is 13.8 Å². The van der Waals surface area contributed by atoms with Crippen LogP contribution in [0.2, 0.25) is 0 Å². The van der Waals surface area contributed by atoms with E-state index in [-0.39, 0.29) is 0 Å². The van der Waals surface area contributed by atoms with Gasteiger partial charge in [0.2, 0.25) is 0 Å². The average Bonchev–Trinajstić information content (AvgIpc) is 2.88. The molecule has 3 aromatic rings. The molecular formula is C16H13NO4S. The Kier molecular flexibility index (Phi) is 3.77. The van der Waals surface area contributed by atoms with E-state index in [4.69, 9.17) is 9.15 Å². The number of ether oxygens (including phenoxy) is 1. The number of benzene rings is 1. The highest BCUT2D eigenvalue weighted by atomic mass is 32.1. The van der Waals surface area contributed by atoms with Gasteiger partial charge in [-0.2, -0.15) is 0 Å². The number of para-hydroxylation sites is 1. The molecule has 0 spiro atoms. The number of esters is 1. The highest BCUT2D eigenvalue weighted by Crippen LogP contribution is 2.28. The van der Waals surface area contributed by atoms with Crippen LogP contribution in [0.15, 0.2) is 39.5 Å². The summed E-state index contributed by atoms with van der Waals surface area (Å²) >= 11 is 1.14. The zero-order chi connectivity index (χ0) is 15.7. The van der Waals surface area contributed by atoms with Crippen molar-refractivity contribution in [1.82, 2.24) is 4.98 Å². The molecule has 0 unspecified atom stereocenters. The third kappa shape index (κ3) is 2.53. The summed E-state index contributed by atoms with van der Waals surface area (Å²) in [6.45, 7) is 3.76. The largest absolute Gasteiger partial charge is 0.462 e. The summed E-state index contributed by atoms with van der Waals surface area (Å²) in [4.78, 5) is 28.7. The van der Waals surface area contributed by atoms with Crippen molar-refractivity contribution in [3.05, 3.63) is 51.3 Å². The number of aromatic nitrogens is 1. The molecule has 0 saturated heterocycles. The van der Waals surface area contributed by atoms with Gasteiger partial charge in [-0.15, -0.1) is 11.3 Å². The lowest BCUT2D eigenvalue weighted by Gasteiger charge is -1.99. The highest BCUT2D eigenvalue weighted by Gasteiger charge is 2.19. The Hall–Kier alpha value is -2.47. The first-order valence-electron chi connectivity index (χ1n) is 6.78. The topological polar surface area (TPSA) is 69.4 Å². The zero-order valence-corrected chi connectivity index (χ0v) is 12.9. The van der Waals surface area contributed by atoms with Crippen LogP contribution in [-0.2, 0) is 4.74 Å². The van der Waals surface area contributed by atoms with Gasteiger partial charge in [0.05, 0.1) is 17.9 Å². The van der Waals surface area contributed by atoms with Gasteiger partial charge in [0.15, 0.2) is 0 Å². The molecule has 0 fully saturated rings. The number of nitrogens with zero attached hydrogens (tertiary/aromatic N) is 1. The molecular weight excluding hydrogens is 302 g/mol. The monoisotopic (exact) mass is 315 g/mol. The Labute approximate surface area is 130 Å². The number of aryl methyl sites for hydroxylation is 1. The lowest BCUT2D eigenvalue weighted by atomic mass is 10.2. The molecule has 0 radical (unpaired) electrons. The van der Waals surface area contributed by atoms with E-state index in [0.29, 0.717) is 33.3 Å². The van der Waals surface area contributed by atoms with Gasteiger partial charge < -0.3 is 9.15 Å². The molecule has 112 valence electrons. The first-order valence-corrected chi connectivity index (χ1v) is 7.59. The van der Waals surface area contributed by atoms with Crippen LogP contribution < -0.4 is 5.63 Å². The SMILES string of the molecule is CCOC(=O)c1sc(-c2cc3ccccc3oc2=O)nc1C. The molecule has 5 nitrogen and oxygen atoms in total. The molecule has 0 N–H and O–H groups in total. The number of hydrogen-bond donors (Lipinski definition) is 0. The Bertz CT molecular complexity index is 910. The first-order chi connectivity index (χ1) is 10.6. The Morgan fingerprint density at radius 3 is 2.91 bits per heavy atom. The summed E-state index contributed by atoms with van der Waals surface area (Å²) < 4.78 is 10.3. The molecule has 2 aromatic heterocycles. The lowest BCUT2D eigenvalue weighted by molar-refractivity contribution is 0.0531. The van der Waals surface area contributed by atoms with Crippen molar-refractivity contribution in [2.24, 2.45) is 0 Å². The Balaban J connectivity index is 2.12.